The van der Waals surface area contributed by atoms with E-state index in [1.165, 1.54) is 38.5 Å². The van der Waals surface area contributed by atoms with Crippen molar-refractivity contribution in [2.75, 3.05) is 13.2 Å². The Labute approximate surface area is 224 Å². The van der Waals surface area contributed by atoms with Gasteiger partial charge in [0.05, 0.1) is 23.8 Å². The molecule has 1 aliphatic rings. The average Bonchev–Trinajstić information content (AvgIpc) is 2.97. The van der Waals surface area contributed by atoms with Gasteiger partial charge < -0.3 is 18.9 Å². The molecule has 0 amide bonds. The Kier molecular flexibility index (Phi) is 10.8. The van der Waals surface area contributed by atoms with Crippen LogP contribution in [0.25, 0.3) is 0 Å². The van der Waals surface area contributed by atoms with Crippen LogP contribution in [0.15, 0.2) is 78.9 Å². The van der Waals surface area contributed by atoms with Gasteiger partial charge >= 0.3 is 11.9 Å². The fourth-order valence-electron chi connectivity index (χ4n) is 4.37. The Morgan fingerprint density at radius 3 is 2.13 bits per heavy atom. The van der Waals surface area contributed by atoms with Crippen molar-refractivity contribution in [3.8, 4) is 11.5 Å². The van der Waals surface area contributed by atoms with Crippen molar-refractivity contribution in [3.05, 3.63) is 95.6 Å². The van der Waals surface area contributed by atoms with Gasteiger partial charge in [0.1, 0.15) is 18.1 Å². The van der Waals surface area contributed by atoms with Crippen molar-refractivity contribution in [3.63, 3.8) is 0 Å². The lowest BCUT2D eigenvalue weighted by molar-refractivity contribution is 0.00974. The SMILES string of the molecule is O=C(OCc1ccccc1)c1ccc(OC(=O)c2ccc(OCCCCCCC3CCCCO3)cc2)cc1. The predicted molar refractivity (Wildman–Crippen MR) is 146 cm³/mol. The van der Waals surface area contributed by atoms with Gasteiger partial charge in [-0.2, -0.15) is 0 Å². The van der Waals surface area contributed by atoms with E-state index in [4.69, 9.17) is 18.9 Å². The molecule has 0 saturated carbocycles. The first-order valence-corrected chi connectivity index (χ1v) is 13.5. The van der Waals surface area contributed by atoms with Gasteiger partial charge in [-0.3, -0.25) is 0 Å². The van der Waals surface area contributed by atoms with Crippen molar-refractivity contribution < 1.29 is 28.5 Å². The Bertz CT molecular complexity index is 1120. The largest absolute Gasteiger partial charge is 0.494 e. The van der Waals surface area contributed by atoms with Crippen molar-refractivity contribution >= 4 is 11.9 Å². The monoisotopic (exact) mass is 516 g/mol. The van der Waals surface area contributed by atoms with Crippen molar-refractivity contribution in [1.82, 2.24) is 0 Å². The van der Waals surface area contributed by atoms with Gasteiger partial charge in [0.2, 0.25) is 0 Å². The summed E-state index contributed by atoms with van der Waals surface area (Å²) in [5.74, 6) is 0.176. The third-order valence-electron chi connectivity index (χ3n) is 6.57. The minimum absolute atomic E-state index is 0.201. The number of hydrogen-bond acceptors (Lipinski definition) is 6. The molecule has 3 aromatic rings. The van der Waals surface area contributed by atoms with Gasteiger partial charge in [0, 0.05) is 6.61 Å². The summed E-state index contributed by atoms with van der Waals surface area (Å²) in [5, 5.41) is 0. The lowest BCUT2D eigenvalue weighted by Crippen LogP contribution is -2.18. The first-order chi connectivity index (χ1) is 18.7. The van der Waals surface area contributed by atoms with Gasteiger partial charge in [-0.1, -0.05) is 49.6 Å². The lowest BCUT2D eigenvalue weighted by Gasteiger charge is -2.22. The topological polar surface area (TPSA) is 71.1 Å². The van der Waals surface area contributed by atoms with Crippen LogP contribution < -0.4 is 9.47 Å². The van der Waals surface area contributed by atoms with E-state index in [1.807, 2.05) is 30.3 Å². The van der Waals surface area contributed by atoms with Gasteiger partial charge in [0.25, 0.3) is 0 Å². The number of hydrogen-bond donors (Lipinski definition) is 0. The number of carbonyl (C=O) groups excluding carboxylic acids is 2. The molecule has 3 aromatic carbocycles. The van der Waals surface area contributed by atoms with E-state index < -0.39 is 11.9 Å². The molecule has 1 aliphatic heterocycles. The number of benzene rings is 3. The van der Waals surface area contributed by atoms with Gasteiger partial charge in [-0.25, -0.2) is 9.59 Å². The molecule has 0 bridgehead atoms. The quantitative estimate of drug-likeness (QED) is 0.136. The van der Waals surface area contributed by atoms with Crippen LogP contribution in [-0.2, 0) is 16.1 Å². The molecule has 6 heteroatoms. The van der Waals surface area contributed by atoms with Crippen molar-refractivity contribution in [2.24, 2.45) is 0 Å². The highest BCUT2D eigenvalue weighted by atomic mass is 16.5. The fourth-order valence-corrected chi connectivity index (χ4v) is 4.37. The predicted octanol–water partition coefficient (Wildman–Crippen LogP) is 7.16. The van der Waals surface area contributed by atoms with Crippen LogP contribution in [0, 0.1) is 0 Å². The van der Waals surface area contributed by atoms with E-state index in [0.717, 1.165) is 30.8 Å². The second-order valence-electron chi connectivity index (χ2n) is 9.54. The van der Waals surface area contributed by atoms with E-state index in [0.29, 0.717) is 29.6 Å². The zero-order valence-electron chi connectivity index (χ0n) is 21.8. The molecular weight excluding hydrogens is 480 g/mol. The Balaban J connectivity index is 1.13. The molecule has 0 radical (unpaired) electrons. The standard InChI is InChI=1S/C32H36O6/c33-31(37-24-25-10-4-3-5-11-25)26-16-20-30(21-17-26)38-32(34)27-14-18-29(19-15-27)36-22-8-2-1-6-12-28-13-7-9-23-35-28/h3-5,10-11,14-21,28H,1-2,6-9,12-13,22-24H2. The number of unbranched alkanes of at least 4 members (excludes halogenated alkanes) is 3. The van der Waals surface area contributed by atoms with E-state index in [-0.39, 0.29) is 6.61 Å². The summed E-state index contributed by atoms with van der Waals surface area (Å²) >= 11 is 0. The van der Waals surface area contributed by atoms with E-state index in [9.17, 15) is 9.59 Å². The summed E-state index contributed by atoms with van der Waals surface area (Å²) in [5.41, 5.74) is 1.73. The summed E-state index contributed by atoms with van der Waals surface area (Å²) in [4.78, 5) is 24.8. The first-order valence-electron chi connectivity index (χ1n) is 13.5. The Hall–Kier alpha value is -3.64. The van der Waals surface area contributed by atoms with Crippen LogP contribution in [-0.4, -0.2) is 31.3 Å². The molecule has 200 valence electrons. The third-order valence-corrected chi connectivity index (χ3v) is 6.57. The molecule has 1 atom stereocenters. The van der Waals surface area contributed by atoms with Gasteiger partial charge in [-0.05, 0) is 86.2 Å². The Morgan fingerprint density at radius 2 is 1.42 bits per heavy atom. The molecular formula is C32H36O6. The Morgan fingerprint density at radius 1 is 0.737 bits per heavy atom. The van der Waals surface area contributed by atoms with Crippen LogP contribution >= 0.6 is 0 Å². The first kappa shape index (κ1) is 27.4. The molecule has 1 unspecified atom stereocenters. The second kappa shape index (κ2) is 14.9. The van der Waals surface area contributed by atoms with E-state index in [2.05, 4.69) is 0 Å². The number of rotatable bonds is 13. The zero-order valence-corrected chi connectivity index (χ0v) is 21.8. The second-order valence-corrected chi connectivity index (χ2v) is 9.54. The summed E-state index contributed by atoms with van der Waals surface area (Å²) in [6.45, 7) is 1.78. The normalized spacial score (nSPS) is 15.0. The number of ether oxygens (including phenoxy) is 4. The maximum atomic E-state index is 12.5. The van der Waals surface area contributed by atoms with E-state index in [1.54, 1.807) is 48.5 Å². The maximum absolute atomic E-state index is 12.5. The molecule has 0 spiro atoms. The van der Waals surface area contributed by atoms with E-state index >= 15 is 0 Å². The summed E-state index contributed by atoms with van der Waals surface area (Å²) in [6.07, 6.45) is 9.92. The zero-order chi connectivity index (χ0) is 26.4. The highest BCUT2D eigenvalue weighted by molar-refractivity contribution is 5.92. The maximum Gasteiger partial charge on any atom is 0.343 e. The summed E-state index contributed by atoms with van der Waals surface area (Å²) in [6, 6.07) is 22.7. The molecule has 1 heterocycles. The van der Waals surface area contributed by atoms with Gasteiger partial charge in [0.15, 0.2) is 0 Å². The number of esters is 2. The van der Waals surface area contributed by atoms with Crippen LogP contribution in [0.3, 0.4) is 0 Å². The third kappa shape index (κ3) is 9.03. The van der Waals surface area contributed by atoms with Gasteiger partial charge in [-0.15, -0.1) is 0 Å². The summed E-state index contributed by atoms with van der Waals surface area (Å²) in [7, 11) is 0. The lowest BCUT2D eigenvalue weighted by atomic mass is 10.0. The molecule has 38 heavy (non-hydrogen) atoms. The van der Waals surface area contributed by atoms with Crippen LogP contribution in [0.5, 0.6) is 11.5 Å². The fraction of sp³-hybridized carbons (Fsp3) is 0.375. The molecule has 0 aromatic heterocycles. The molecule has 6 nitrogen and oxygen atoms in total. The molecule has 0 N–H and O–H groups in total. The van der Waals surface area contributed by atoms with Crippen molar-refractivity contribution in [2.45, 2.75) is 64.1 Å². The van der Waals surface area contributed by atoms with Crippen LogP contribution in [0.2, 0.25) is 0 Å². The van der Waals surface area contributed by atoms with Crippen molar-refractivity contribution in [1.29, 1.82) is 0 Å². The highest BCUT2D eigenvalue weighted by Crippen LogP contribution is 2.20. The average molecular weight is 517 g/mol. The number of carbonyl (C=O) groups is 2. The van der Waals surface area contributed by atoms with Crippen LogP contribution in [0.4, 0.5) is 0 Å². The highest BCUT2D eigenvalue weighted by Gasteiger charge is 2.13. The summed E-state index contributed by atoms with van der Waals surface area (Å²) < 4.78 is 22.4. The molecule has 1 saturated heterocycles. The minimum atomic E-state index is -0.474. The smallest absolute Gasteiger partial charge is 0.343 e. The van der Waals surface area contributed by atoms with Crippen LogP contribution in [0.1, 0.15) is 77.6 Å². The molecule has 4 rings (SSSR count). The molecule has 0 aliphatic carbocycles. The molecule has 1 fully saturated rings. The minimum Gasteiger partial charge on any atom is -0.494 e.